The van der Waals surface area contributed by atoms with Crippen LogP contribution in [0.3, 0.4) is 0 Å². The molecule has 0 atom stereocenters. The quantitative estimate of drug-likeness (QED) is 0.794. The summed E-state index contributed by atoms with van der Waals surface area (Å²) in [6, 6.07) is 11.0. The lowest BCUT2D eigenvalue weighted by atomic mass is 10.2. The van der Waals surface area contributed by atoms with Crippen LogP contribution in [0.2, 0.25) is 0 Å². The second-order valence-electron chi connectivity index (χ2n) is 4.74. The highest BCUT2D eigenvalue weighted by atomic mass is 16.5. The highest BCUT2D eigenvalue weighted by molar-refractivity contribution is 5.95. The standard InChI is InChI=1S/C17H19N3O3/c1-3-23-15-6-4-14(5-7-15)20-10-8-13(12-18)16(20)17(21)19-9-11-22-2/h4-8,10H,3,9,11H2,1-2H3,(H,19,21). The summed E-state index contributed by atoms with van der Waals surface area (Å²) in [5, 5.41) is 12.0. The van der Waals surface area contributed by atoms with Gasteiger partial charge >= 0.3 is 0 Å². The molecule has 0 aliphatic rings. The van der Waals surface area contributed by atoms with Crippen molar-refractivity contribution in [1.29, 1.82) is 5.26 Å². The van der Waals surface area contributed by atoms with Crippen LogP contribution in [0.1, 0.15) is 23.0 Å². The molecule has 6 heteroatoms. The fourth-order valence-corrected chi connectivity index (χ4v) is 2.19. The lowest BCUT2D eigenvalue weighted by Crippen LogP contribution is -2.29. The molecule has 2 rings (SSSR count). The smallest absolute Gasteiger partial charge is 0.269 e. The molecule has 0 unspecified atom stereocenters. The second-order valence-corrected chi connectivity index (χ2v) is 4.74. The molecule has 23 heavy (non-hydrogen) atoms. The van der Waals surface area contributed by atoms with Gasteiger partial charge in [0.25, 0.3) is 5.91 Å². The normalized spacial score (nSPS) is 10.1. The molecule has 0 aliphatic carbocycles. The first-order valence-electron chi connectivity index (χ1n) is 7.33. The van der Waals surface area contributed by atoms with E-state index in [-0.39, 0.29) is 5.91 Å². The zero-order valence-corrected chi connectivity index (χ0v) is 13.2. The number of carbonyl (C=O) groups excluding carboxylic acids is 1. The number of nitrogens with zero attached hydrogens (tertiary/aromatic N) is 2. The number of nitrogens with one attached hydrogen (secondary N) is 1. The van der Waals surface area contributed by atoms with Crippen LogP contribution in [0.4, 0.5) is 0 Å². The number of nitriles is 1. The Bertz CT molecular complexity index is 699. The Morgan fingerprint density at radius 1 is 1.30 bits per heavy atom. The second kappa shape index (κ2) is 8.01. The molecule has 120 valence electrons. The van der Waals surface area contributed by atoms with Crippen LogP contribution in [0, 0.1) is 11.3 Å². The lowest BCUT2D eigenvalue weighted by Gasteiger charge is -2.11. The molecule has 0 spiro atoms. The SMILES string of the molecule is CCOc1ccc(-n2ccc(C#N)c2C(=O)NCCOC)cc1. The van der Waals surface area contributed by atoms with Gasteiger partial charge in [0, 0.05) is 25.5 Å². The summed E-state index contributed by atoms with van der Waals surface area (Å²) in [5.74, 6) is 0.451. The Morgan fingerprint density at radius 2 is 2.04 bits per heavy atom. The number of methoxy groups -OCH3 is 1. The van der Waals surface area contributed by atoms with Crippen LogP contribution in [0.5, 0.6) is 5.75 Å². The minimum Gasteiger partial charge on any atom is -0.494 e. The van der Waals surface area contributed by atoms with Crippen LogP contribution in [-0.2, 0) is 4.74 Å². The van der Waals surface area contributed by atoms with Crippen molar-refractivity contribution in [1.82, 2.24) is 9.88 Å². The monoisotopic (exact) mass is 313 g/mol. The third-order valence-electron chi connectivity index (χ3n) is 3.24. The van der Waals surface area contributed by atoms with E-state index in [4.69, 9.17) is 9.47 Å². The molecule has 1 N–H and O–H groups in total. The predicted octanol–water partition coefficient (Wildman–Crippen LogP) is 2.12. The number of hydrogen-bond acceptors (Lipinski definition) is 4. The van der Waals surface area contributed by atoms with Crippen molar-refractivity contribution in [2.24, 2.45) is 0 Å². The highest BCUT2D eigenvalue weighted by Crippen LogP contribution is 2.20. The third-order valence-corrected chi connectivity index (χ3v) is 3.24. The Kier molecular flexibility index (Phi) is 5.78. The summed E-state index contributed by atoms with van der Waals surface area (Å²) in [5.41, 5.74) is 1.42. The van der Waals surface area contributed by atoms with Gasteiger partial charge < -0.3 is 19.4 Å². The van der Waals surface area contributed by atoms with Gasteiger partial charge in [-0.05, 0) is 37.3 Å². The largest absolute Gasteiger partial charge is 0.494 e. The molecule has 0 aliphatic heterocycles. The Balaban J connectivity index is 2.30. The maximum Gasteiger partial charge on any atom is 0.269 e. The van der Waals surface area contributed by atoms with E-state index in [9.17, 15) is 10.1 Å². The summed E-state index contributed by atoms with van der Waals surface area (Å²) in [7, 11) is 1.56. The van der Waals surface area contributed by atoms with E-state index >= 15 is 0 Å². The van der Waals surface area contributed by atoms with E-state index in [0.717, 1.165) is 11.4 Å². The molecule has 0 saturated heterocycles. The number of benzene rings is 1. The van der Waals surface area contributed by atoms with E-state index in [1.807, 2.05) is 31.2 Å². The van der Waals surface area contributed by atoms with Gasteiger partial charge in [-0.3, -0.25) is 4.79 Å². The summed E-state index contributed by atoms with van der Waals surface area (Å²) in [4.78, 5) is 12.4. The van der Waals surface area contributed by atoms with Crippen molar-refractivity contribution in [3.63, 3.8) is 0 Å². The number of carbonyl (C=O) groups is 1. The van der Waals surface area contributed by atoms with Gasteiger partial charge in [-0.15, -0.1) is 0 Å². The first-order chi connectivity index (χ1) is 11.2. The average Bonchev–Trinajstić information content (AvgIpc) is 3.00. The van der Waals surface area contributed by atoms with Crippen molar-refractivity contribution >= 4 is 5.91 Å². The number of hydrogen-bond donors (Lipinski definition) is 1. The lowest BCUT2D eigenvalue weighted by molar-refractivity contribution is 0.0930. The first-order valence-corrected chi connectivity index (χ1v) is 7.33. The fourth-order valence-electron chi connectivity index (χ4n) is 2.19. The van der Waals surface area contributed by atoms with Crippen LogP contribution in [0.25, 0.3) is 5.69 Å². The fraction of sp³-hybridized carbons (Fsp3) is 0.294. The minimum absolute atomic E-state index is 0.308. The summed E-state index contributed by atoms with van der Waals surface area (Å²) in [6.45, 7) is 3.31. The summed E-state index contributed by atoms with van der Waals surface area (Å²) < 4.78 is 12.0. The maximum absolute atomic E-state index is 12.4. The van der Waals surface area contributed by atoms with Crippen molar-refractivity contribution in [3.8, 4) is 17.5 Å². The number of aromatic nitrogens is 1. The predicted molar refractivity (Wildman–Crippen MR) is 85.9 cm³/mol. The molecule has 1 heterocycles. The van der Waals surface area contributed by atoms with Gasteiger partial charge in [0.05, 0.1) is 18.8 Å². The molecule has 1 amide bonds. The molecule has 0 saturated carbocycles. The van der Waals surface area contributed by atoms with Gasteiger partial charge in [0.2, 0.25) is 0 Å². The van der Waals surface area contributed by atoms with Crippen molar-refractivity contribution in [3.05, 3.63) is 47.8 Å². The van der Waals surface area contributed by atoms with Crippen LogP contribution < -0.4 is 10.1 Å². The van der Waals surface area contributed by atoms with Crippen LogP contribution in [0.15, 0.2) is 36.5 Å². The Labute approximate surface area is 135 Å². The van der Waals surface area contributed by atoms with Gasteiger partial charge in [-0.2, -0.15) is 5.26 Å². The molecular weight excluding hydrogens is 294 g/mol. The summed E-state index contributed by atoms with van der Waals surface area (Å²) in [6.07, 6.45) is 1.71. The van der Waals surface area contributed by atoms with E-state index < -0.39 is 0 Å². The van der Waals surface area contributed by atoms with E-state index in [0.29, 0.717) is 31.0 Å². The number of rotatable bonds is 7. The topological polar surface area (TPSA) is 76.3 Å². The molecule has 1 aromatic heterocycles. The third kappa shape index (κ3) is 3.90. The minimum atomic E-state index is -0.308. The highest BCUT2D eigenvalue weighted by Gasteiger charge is 2.17. The zero-order chi connectivity index (χ0) is 16.7. The van der Waals surface area contributed by atoms with Crippen LogP contribution in [-0.4, -0.2) is 37.3 Å². The Hall–Kier alpha value is -2.78. The van der Waals surface area contributed by atoms with E-state index in [1.165, 1.54) is 0 Å². The van der Waals surface area contributed by atoms with Crippen molar-refractivity contribution in [2.45, 2.75) is 6.92 Å². The zero-order valence-electron chi connectivity index (χ0n) is 13.2. The van der Waals surface area contributed by atoms with E-state index in [2.05, 4.69) is 11.4 Å². The van der Waals surface area contributed by atoms with Crippen molar-refractivity contribution < 1.29 is 14.3 Å². The van der Waals surface area contributed by atoms with Gasteiger partial charge in [0.1, 0.15) is 17.5 Å². The van der Waals surface area contributed by atoms with Gasteiger partial charge in [-0.1, -0.05) is 0 Å². The van der Waals surface area contributed by atoms with E-state index in [1.54, 1.807) is 23.9 Å². The molecule has 2 aromatic rings. The van der Waals surface area contributed by atoms with Crippen LogP contribution >= 0.6 is 0 Å². The molecule has 0 bridgehead atoms. The number of amides is 1. The Morgan fingerprint density at radius 3 is 2.65 bits per heavy atom. The summed E-state index contributed by atoms with van der Waals surface area (Å²) >= 11 is 0. The molecule has 1 aromatic carbocycles. The molecule has 6 nitrogen and oxygen atoms in total. The molecule has 0 fully saturated rings. The number of ether oxygens (including phenoxy) is 2. The first kappa shape index (κ1) is 16.6. The van der Waals surface area contributed by atoms with Gasteiger partial charge in [-0.25, -0.2) is 0 Å². The molecular formula is C17H19N3O3. The van der Waals surface area contributed by atoms with Crippen molar-refractivity contribution in [2.75, 3.05) is 26.9 Å². The molecule has 0 radical (unpaired) electrons. The average molecular weight is 313 g/mol. The van der Waals surface area contributed by atoms with Gasteiger partial charge in [0.15, 0.2) is 0 Å². The maximum atomic E-state index is 12.4.